The molecule has 5 radical (unpaired) electrons. The normalized spacial score (nSPS) is 9.44. The molecule has 0 unspecified atom stereocenters. The minimum atomic E-state index is -0.667. The number of hydrogen-bond acceptors (Lipinski definition) is 10. The van der Waals surface area contributed by atoms with Crippen LogP contribution in [0, 0.1) is 44.2 Å². The number of ketones is 3. The number of nitrogens with zero attached hydrogens (tertiary/aromatic N) is 5. The van der Waals surface area contributed by atoms with Gasteiger partial charge in [-0.25, -0.2) is 18.7 Å². The van der Waals surface area contributed by atoms with E-state index in [9.17, 15) is 23.2 Å². The number of rotatable bonds is 12. The molecule has 5 aromatic carbocycles. The van der Waals surface area contributed by atoms with Gasteiger partial charge in [0.2, 0.25) is 0 Å². The maximum atomic E-state index is 12.5. The van der Waals surface area contributed by atoms with Crippen molar-refractivity contribution in [3.63, 3.8) is 0 Å². The monoisotopic (exact) mass is 2020 g/mol. The van der Waals surface area contributed by atoms with Crippen molar-refractivity contribution in [3.05, 3.63) is 328 Å². The van der Waals surface area contributed by atoms with E-state index < -0.39 is 13.3 Å². The number of carbonyl (C=O) groups is 3. The van der Waals surface area contributed by atoms with Crippen LogP contribution in [0.1, 0.15) is 107 Å². The smallest absolute Gasteiger partial charge is 0.131 e. The van der Waals surface area contributed by atoms with Crippen LogP contribution >= 0.6 is 0 Å². The summed E-state index contributed by atoms with van der Waals surface area (Å²) in [6, 6.07) is 75.7. The van der Waals surface area contributed by atoms with Crippen LogP contribution in [0.3, 0.4) is 0 Å². The fourth-order valence-corrected chi connectivity index (χ4v) is 7.48. The molecule has 0 atom stereocenters. The van der Waals surface area contributed by atoms with E-state index in [-0.39, 0.29) is 129 Å². The van der Waals surface area contributed by atoms with E-state index in [4.69, 9.17) is 11.5 Å². The number of aryl methyl sites for hydroxylation is 2. The van der Waals surface area contributed by atoms with Gasteiger partial charge in [0.15, 0.2) is 0 Å². The number of carbonyl (C=O) groups excluding carboxylic acids is 3. The van der Waals surface area contributed by atoms with Crippen molar-refractivity contribution in [2.75, 3.05) is 11.5 Å². The summed E-state index contributed by atoms with van der Waals surface area (Å²) in [5.74, 6) is 0.403. The molecule has 0 aliphatic heterocycles. The SMILES string of the molecule is C=C(c1[c-]cccc1)c1cccc(CF)n1.CC(C)=C(c1[c-]cccc1)c1cccc(N)n1.Cc1cc(C)nc(C(=O)c2[c-]cccc2)c1.Nc1cccc(C(=O)c2[c-]cccc2)n1.O=C(c1[c-]cccc1)c1cccc(CF)n1.[Ir].[Ir].[Ir].[Ir].[Ir]. The minimum Gasteiger partial charge on any atom is -0.384 e. The zero-order valence-corrected chi connectivity index (χ0v) is 58.3. The molecule has 85 heavy (non-hydrogen) atoms. The van der Waals surface area contributed by atoms with Crippen molar-refractivity contribution in [2.45, 2.75) is 41.0 Å². The van der Waals surface area contributed by atoms with E-state index >= 15 is 0 Å². The first-order chi connectivity index (χ1) is 38.7. The molecule has 4 N–H and O–H groups in total. The van der Waals surface area contributed by atoms with Gasteiger partial charge in [-0.2, -0.15) is 0 Å². The predicted octanol–water partition coefficient (Wildman–Crippen LogP) is 13.7. The first-order valence-electron chi connectivity index (χ1n) is 25.0. The molecule has 0 bridgehead atoms. The Morgan fingerprint density at radius 1 is 0.412 bits per heavy atom. The summed E-state index contributed by atoms with van der Waals surface area (Å²) in [7, 11) is 0. The van der Waals surface area contributed by atoms with Crippen LogP contribution in [0.2, 0.25) is 0 Å². The Morgan fingerprint density at radius 2 is 0.765 bits per heavy atom. The fraction of sp³-hybridized carbons (Fsp3) is 0.0882. The Balaban J connectivity index is 0.000000524. The van der Waals surface area contributed by atoms with Crippen molar-refractivity contribution < 1.29 is 124 Å². The number of anilines is 2. The molecule has 0 saturated heterocycles. The molecule has 0 saturated carbocycles. The van der Waals surface area contributed by atoms with Crippen LogP contribution in [0.4, 0.5) is 20.4 Å². The quantitative estimate of drug-likeness (QED) is 0.0887. The Morgan fingerprint density at radius 3 is 1.15 bits per heavy atom. The molecular formula is C68H56F2Ir5N7O3-5. The topological polar surface area (TPSA) is 168 Å². The minimum absolute atomic E-state index is 0. The van der Waals surface area contributed by atoms with Gasteiger partial charge < -0.3 is 25.9 Å². The van der Waals surface area contributed by atoms with Crippen molar-refractivity contribution in [3.8, 4) is 0 Å². The van der Waals surface area contributed by atoms with E-state index in [1.54, 1.807) is 115 Å². The Hall–Kier alpha value is -6.95. The molecule has 0 spiro atoms. The molecule has 5 heterocycles. The average molecular weight is 2020 g/mol. The first-order valence-corrected chi connectivity index (χ1v) is 25.0. The van der Waals surface area contributed by atoms with Crippen LogP contribution in [-0.4, -0.2) is 42.3 Å². The van der Waals surface area contributed by atoms with Gasteiger partial charge in [0.25, 0.3) is 0 Å². The zero-order chi connectivity index (χ0) is 57.2. The number of pyridine rings is 5. The maximum absolute atomic E-state index is 12.5. The number of aromatic nitrogens is 5. The summed E-state index contributed by atoms with van der Waals surface area (Å²) in [6.45, 7) is 10.7. The summed E-state index contributed by atoms with van der Waals surface area (Å²) in [5, 5.41) is 0. The second kappa shape index (κ2) is 40.4. The van der Waals surface area contributed by atoms with Gasteiger partial charge in [-0.1, -0.05) is 49.3 Å². The van der Waals surface area contributed by atoms with Crippen LogP contribution in [0.25, 0.3) is 11.1 Å². The third-order valence-corrected chi connectivity index (χ3v) is 11.2. The second-order valence-corrected chi connectivity index (χ2v) is 17.6. The number of benzene rings is 5. The third kappa shape index (κ3) is 24.5. The van der Waals surface area contributed by atoms with Crippen LogP contribution in [-0.2, 0) is 114 Å². The van der Waals surface area contributed by atoms with Gasteiger partial charge in [0.05, 0.1) is 28.5 Å². The fourth-order valence-electron chi connectivity index (χ4n) is 7.48. The molecule has 0 aliphatic carbocycles. The maximum Gasteiger partial charge on any atom is 0.131 e. The Bertz CT molecular complexity index is 3570. The summed E-state index contributed by atoms with van der Waals surface area (Å²) in [5.41, 5.74) is 23.0. The molecule has 5 aromatic heterocycles. The largest absolute Gasteiger partial charge is 0.384 e. The number of hydrogen-bond donors (Lipinski definition) is 2. The number of halogens is 2. The molecule has 10 nitrogen and oxygen atoms in total. The van der Waals surface area contributed by atoms with E-state index in [2.05, 4.69) is 75.7 Å². The Labute approximate surface area is 563 Å². The summed E-state index contributed by atoms with van der Waals surface area (Å²) in [4.78, 5) is 56.5. The first kappa shape index (κ1) is 76.1. The Kier molecular flexibility index (Phi) is 36.1. The average Bonchev–Trinajstić information content (AvgIpc) is 3.50. The zero-order valence-electron chi connectivity index (χ0n) is 46.3. The van der Waals surface area contributed by atoms with Gasteiger partial charge in [-0.3, -0.25) is 15.0 Å². The van der Waals surface area contributed by atoms with Crippen molar-refractivity contribution >= 4 is 40.1 Å². The van der Waals surface area contributed by atoms with Gasteiger partial charge in [0.1, 0.15) is 42.3 Å². The number of nitrogen functional groups attached to an aromatic ring is 2. The molecule has 10 aromatic rings. The van der Waals surface area contributed by atoms with E-state index in [0.717, 1.165) is 39.2 Å². The summed E-state index contributed by atoms with van der Waals surface area (Å²) in [6.07, 6.45) is 0. The van der Waals surface area contributed by atoms with Gasteiger partial charge in [0, 0.05) is 118 Å². The van der Waals surface area contributed by atoms with Crippen LogP contribution in [0.5, 0.6) is 0 Å². The van der Waals surface area contributed by atoms with Crippen LogP contribution < -0.4 is 11.5 Å². The molecule has 17 heteroatoms. The number of allylic oxidation sites excluding steroid dienone is 1. The summed E-state index contributed by atoms with van der Waals surface area (Å²) >= 11 is 0. The van der Waals surface area contributed by atoms with Crippen molar-refractivity contribution in [1.82, 2.24) is 24.9 Å². The van der Waals surface area contributed by atoms with E-state index in [1.165, 1.54) is 5.57 Å². The van der Waals surface area contributed by atoms with Gasteiger partial charge >= 0.3 is 0 Å². The van der Waals surface area contributed by atoms with Gasteiger partial charge in [-0.05, 0) is 80.1 Å². The molecule has 445 valence electrons. The van der Waals surface area contributed by atoms with E-state index in [1.807, 2.05) is 105 Å². The summed E-state index contributed by atoms with van der Waals surface area (Å²) < 4.78 is 24.9. The predicted molar refractivity (Wildman–Crippen MR) is 311 cm³/mol. The standard InChI is InChI=1S/C15H15N2.C14H11FN.C14H12NO.C13H9FNO.C12H9N2O.5Ir/c1-11(2)15(12-7-4-3-5-8-12)13-9-6-10-14(16)17-13;1-11(12-6-3-2-4-7-12)14-9-5-8-13(10-15)16-14;1-10-8-11(2)15-13(9-10)14(16)12-6-4-3-5-7-12;14-9-11-7-4-8-12(15-11)13(16)10-5-2-1-3-6-10;13-11-8-4-7-10(14-11)12(15)9-5-2-1-3-6-9;;;;;/h3-7,9-10H,1-2H3,(H2,16,17);2-6,8-9H,1,10H2;3-6,8-9H,1-2H3;1-5,7-8H,9H2;1-5,7-8H,(H2,13,14);;;;;/q5*-1;;;;;. The number of alkyl halides is 2. The van der Waals surface area contributed by atoms with Crippen molar-refractivity contribution in [2.24, 2.45) is 0 Å². The van der Waals surface area contributed by atoms with Crippen molar-refractivity contribution in [1.29, 1.82) is 0 Å². The third-order valence-electron chi connectivity index (χ3n) is 11.2. The number of nitrogens with two attached hydrogens (primary N) is 2. The molecule has 0 fully saturated rings. The molecule has 0 amide bonds. The van der Waals surface area contributed by atoms with Gasteiger partial charge in [-0.15, -0.1) is 192 Å². The van der Waals surface area contributed by atoms with E-state index in [0.29, 0.717) is 51.1 Å². The molecule has 10 rings (SSSR count). The second-order valence-electron chi connectivity index (χ2n) is 17.6. The molecular weight excluding hydrogens is 1960 g/mol. The van der Waals surface area contributed by atoms with Crippen LogP contribution in [0.15, 0.2) is 218 Å². The molecule has 0 aliphatic rings.